The third kappa shape index (κ3) is 10.4. The summed E-state index contributed by atoms with van der Waals surface area (Å²) in [5.41, 5.74) is 1.13. The highest BCUT2D eigenvalue weighted by molar-refractivity contribution is 5.86. The molecule has 6 nitrogen and oxygen atoms in total. The molecular weight excluding hydrogens is 316 g/mol. The zero-order chi connectivity index (χ0) is 18.3. The number of benzene rings is 1. The van der Waals surface area contributed by atoms with Gasteiger partial charge in [-0.2, -0.15) is 0 Å². The number of rotatable bonds is 11. The number of ether oxygens (including phenoxy) is 1. The van der Waals surface area contributed by atoms with Gasteiger partial charge in [0.15, 0.2) is 5.96 Å². The van der Waals surface area contributed by atoms with Crippen LogP contribution in [0.1, 0.15) is 31.7 Å². The first-order valence-corrected chi connectivity index (χ1v) is 8.97. The lowest BCUT2D eigenvalue weighted by Gasteiger charge is -2.15. The SMILES string of the molecule is CCCCOCCCNC(=NCc1ccccc1)NCC(=O)N(C)C. The zero-order valence-corrected chi connectivity index (χ0v) is 15.8. The van der Waals surface area contributed by atoms with Gasteiger partial charge in [0.1, 0.15) is 0 Å². The molecule has 1 amide bonds. The Balaban J connectivity index is 2.42. The van der Waals surface area contributed by atoms with Gasteiger partial charge in [0, 0.05) is 33.9 Å². The van der Waals surface area contributed by atoms with Crippen LogP contribution >= 0.6 is 0 Å². The molecule has 0 saturated carbocycles. The number of hydrogen-bond acceptors (Lipinski definition) is 3. The normalized spacial score (nSPS) is 11.2. The van der Waals surface area contributed by atoms with E-state index in [0.717, 1.165) is 44.6 Å². The molecule has 0 radical (unpaired) electrons. The third-order valence-corrected chi connectivity index (χ3v) is 3.57. The summed E-state index contributed by atoms with van der Waals surface area (Å²) in [5.74, 6) is 0.657. The highest BCUT2D eigenvalue weighted by Crippen LogP contribution is 1.99. The Kier molecular flexibility index (Phi) is 11.1. The molecule has 0 bridgehead atoms. The van der Waals surface area contributed by atoms with E-state index in [-0.39, 0.29) is 12.5 Å². The summed E-state index contributed by atoms with van der Waals surface area (Å²) in [4.78, 5) is 17.9. The van der Waals surface area contributed by atoms with Crippen LogP contribution in [0.4, 0.5) is 0 Å². The van der Waals surface area contributed by atoms with Crippen molar-refractivity contribution >= 4 is 11.9 Å². The molecule has 1 aromatic carbocycles. The molecule has 0 saturated heterocycles. The van der Waals surface area contributed by atoms with E-state index in [1.165, 1.54) is 0 Å². The van der Waals surface area contributed by atoms with Gasteiger partial charge in [-0.1, -0.05) is 43.7 Å². The van der Waals surface area contributed by atoms with Crippen molar-refractivity contribution in [2.45, 2.75) is 32.7 Å². The Bertz CT molecular complexity index is 503. The minimum atomic E-state index is 0.0112. The number of guanidine groups is 1. The summed E-state index contributed by atoms with van der Waals surface area (Å²) in [6.07, 6.45) is 3.15. The Morgan fingerprint density at radius 3 is 2.52 bits per heavy atom. The maximum Gasteiger partial charge on any atom is 0.241 e. The number of hydrogen-bond donors (Lipinski definition) is 2. The quantitative estimate of drug-likeness (QED) is 0.365. The lowest BCUT2D eigenvalue weighted by Crippen LogP contribution is -2.43. The van der Waals surface area contributed by atoms with Crippen LogP contribution in [0.3, 0.4) is 0 Å². The van der Waals surface area contributed by atoms with Gasteiger partial charge in [0.05, 0.1) is 13.1 Å². The van der Waals surface area contributed by atoms with E-state index >= 15 is 0 Å². The van der Waals surface area contributed by atoms with Crippen LogP contribution in [-0.2, 0) is 16.1 Å². The monoisotopic (exact) mass is 348 g/mol. The molecule has 6 heteroatoms. The molecule has 0 unspecified atom stereocenters. The summed E-state index contributed by atoms with van der Waals surface area (Å²) >= 11 is 0. The molecule has 1 rings (SSSR count). The number of aliphatic imine (C=N–C) groups is 1. The zero-order valence-electron chi connectivity index (χ0n) is 15.8. The van der Waals surface area contributed by atoms with Crippen LogP contribution in [0.5, 0.6) is 0 Å². The van der Waals surface area contributed by atoms with E-state index in [9.17, 15) is 4.79 Å². The number of nitrogens with zero attached hydrogens (tertiary/aromatic N) is 2. The average molecular weight is 348 g/mol. The molecule has 25 heavy (non-hydrogen) atoms. The van der Waals surface area contributed by atoms with Crippen molar-refractivity contribution in [3.63, 3.8) is 0 Å². The Labute approximate surface area is 151 Å². The molecule has 0 aliphatic carbocycles. The predicted octanol–water partition coefficient (Wildman–Crippen LogP) is 2.02. The summed E-state index contributed by atoms with van der Waals surface area (Å²) in [6, 6.07) is 10.0. The van der Waals surface area contributed by atoms with Crippen LogP contribution in [0.25, 0.3) is 0 Å². The lowest BCUT2D eigenvalue weighted by molar-refractivity contribution is -0.127. The molecule has 0 aliphatic heterocycles. The van der Waals surface area contributed by atoms with Crippen molar-refractivity contribution in [1.82, 2.24) is 15.5 Å². The van der Waals surface area contributed by atoms with E-state index in [4.69, 9.17) is 4.74 Å². The molecule has 140 valence electrons. The lowest BCUT2D eigenvalue weighted by atomic mass is 10.2. The standard InChI is InChI=1S/C19H32N4O2/c1-4-5-13-25-14-9-12-20-19(22-16-18(24)23(2)3)21-15-17-10-7-6-8-11-17/h6-8,10-11H,4-5,9,12-16H2,1-3H3,(H2,20,21,22). The number of unbranched alkanes of at least 4 members (excludes halogenated alkanes) is 1. The molecule has 0 aromatic heterocycles. The van der Waals surface area contributed by atoms with Crippen molar-refractivity contribution < 1.29 is 9.53 Å². The molecule has 1 aromatic rings. The van der Waals surface area contributed by atoms with Gasteiger partial charge in [0.25, 0.3) is 0 Å². The van der Waals surface area contributed by atoms with Crippen molar-refractivity contribution in [3.05, 3.63) is 35.9 Å². The highest BCUT2D eigenvalue weighted by Gasteiger charge is 2.05. The fraction of sp³-hybridized carbons (Fsp3) is 0.579. The van der Waals surface area contributed by atoms with Gasteiger partial charge in [-0.3, -0.25) is 4.79 Å². The Morgan fingerprint density at radius 2 is 1.84 bits per heavy atom. The fourth-order valence-corrected chi connectivity index (χ4v) is 1.97. The van der Waals surface area contributed by atoms with Gasteiger partial charge in [-0.15, -0.1) is 0 Å². The molecular formula is C19H32N4O2. The fourth-order valence-electron chi connectivity index (χ4n) is 1.97. The maximum atomic E-state index is 11.8. The molecule has 0 heterocycles. The van der Waals surface area contributed by atoms with E-state index < -0.39 is 0 Å². The van der Waals surface area contributed by atoms with Gasteiger partial charge in [-0.25, -0.2) is 4.99 Å². The van der Waals surface area contributed by atoms with Crippen LogP contribution in [0, 0.1) is 0 Å². The van der Waals surface area contributed by atoms with Gasteiger partial charge >= 0.3 is 0 Å². The van der Waals surface area contributed by atoms with E-state index in [2.05, 4.69) is 22.5 Å². The molecule has 0 atom stereocenters. The van der Waals surface area contributed by atoms with Crippen molar-refractivity contribution in [2.75, 3.05) is 40.4 Å². The number of carbonyl (C=O) groups is 1. The summed E-state index contributed by atoms with van der Waals surface area (Å²) in [7, 11) is 3.48. The summed E-state index contributed by atoms with van der Waals surface area (Å²) in [5, 5.41) is 6.35. The summed E-state index contributed by atoms with van der Waals surface area (Å²) in [6.45, 7) is 5.25. The van der Waals surface area contributed by atoms with Crippen molar-refractivity contribution in [1.29, 1.82) is 0 Å². The van der Waals surface area contributed by atoms with Crippen molar-refractivity contribution in [2.24, 2.45) is 4.99 Å². The van der Waals surface area contributed by atoms with E-state index in [0.29, 0.717) is 12.5 Å². The third-order valence-electron chi connectivity index (χ3n) is 3.57. The molecule has 0 aliphatic rings. The number of likely N-dealkylation sites (N-methyl/N-ethyl adjacent to an activating group) is 1. The smallest absolute Gasteiger partial charge is 0.241 e. The van der Waals surface area contributed by atoms with Crippen LogP contribution in [0.15, 0.2) is 35.3 Å². The molecule has 0 fully saturated rings. The second-order valence-corrected chi connectivity index (χ2v) is 6.04. The summed E-state index contributed by atoms with van der Waals surface area (Å²) < 4.78 is 5.55. The van der Waals surface area contributed by atoms with Gasteiger partial charge in [0.2, 0.25) is 5.91 Å². The molecule has 2 N–H and O–H groups in total. The van der Waals surface area contributed by atoms with Crippen LogP contribution in [-0.4, -0.2) is 57.2 Å². The molecule has 0 spiro atoms. The topological polar surface area (TPSA) is 66.0 Å². The Morgan fingerprint density at radius 1 is 1.12 bits per heavy atom. The number of carbonyl (C=O) groups excluding carboxylic acids is 1. The minimum absolute atomic E-state index is 0.0112. The first kappa shape index (κ1) is 21.0. The highest BCUT2D eigenvalue weighted by atomic mass is 16.5. The van der Waals surface area contributed by atoms with Crippen LogP contribution < -0.4 is 10.6 Å². The van der Waals surface area contributed by atoms with E-state index in [1.54, 1.807) is 19.0 Å². The Hall–Kier alpha value is -2.08. The predicted molar refractivity (Wildman–Crippen MR) is 103 cm³/mol. The van der Waals surface area contributed by atoms with Gasteiger partial charge < -0.3 is 20.3 Å². The largest absolute Gasteiger partial charge is 0.381 e. The van der Waals surface area contributed by atoms with Crippen molar-refractivity contribution in [3.8, 4) is 0 Å². The van der Waals surface area contributed by atoms with E-state index in [1.807, 2.05) is 30.3 Å². The first-order chi connectivity index (χ1) is 12.1. The second-order valence-electron chi connectivity index (χ2n) is 6.04. The second kappa shape index (κ2) is 13.2. The first-order valence-electron chi connectivity index (χ1n) is 8.97. The maximum absolute atomic E-state index is 11.8. The number of amides is 1. The van der Waals surface area contributed by atoms with Gasteiger partial charge in [-0.05, 0) is 18.4 Å². The minimum Gasteiger partial charge on any atom is -0.381 e. The number of nitrogens with one attached hydrogen (secondary N) is 2. The average Bonchev–Trinajstić information content (AvgIpc) is 2.63. The van der Waals surface area contributed by atoms with Crippen LogP contribution in [0.2, 0.25) is 0 Å².